The first-order chi connectivity index (χ1) is 11.6. The Kier molecular flexibility index (Phi) is 6.01. The number of anilines is 1. The lowest BCUT2D eigenvalue weighted by Gasteiger charge is -2.27. The van der Waals surface area contributed by atoms with Crippen molar-refractivity contribution in [1.82, 2.24) is 15.0 Å². The molecule has 0 aromatic carbocycles. The molecule has 0 saturated carbocycles. The Bertz CT molecular complexity index is 609. The summed E-state index contributed by atoms with van der Waals surface area (Å²) in [5.41, 5.74) is 0. The Hall–Kier alpha value is -1.26. The third-order valence-electron chi connectivity index (χ3n) is 4.14. The van der Waals surface area contributed by atoms with Crippen molar-refractivity contribution in [3.8, 4) is 0 Å². The second-order valence-electron chi connectivity index (χ2n) is 5.95. The fourth-order valence-electron chi connectivity index (χ4n) is 2.71. The average Bonchev–Trinajstić information content (AvgIpc) is 2.90. The van der Waals surface area contributed by atoms with Gasteiger partial charge in [0.15, 0.2) is 0 Å². The minimum absolute atomic E-state index is 0.128. The first kappa shape index (κ1) is 17.6. The van der Waals surface area contributed by atoms with E-state index >= 15 is 0 Å². The van der Waals surface area contributed by atoms with Gasteiger partial charge >= 0.3 is 0 Å². The lowest BCUT2D eigenvalue weighted by Crippen LogP contribution is -2.37. The van der Waals surface area contributed by atoms with Crippen molar-refractivity contribution < 1.29 is 17.9 Å². The highest BCUT2D eigenvalue weighted by Gasteiger charge is 2.20. The number of ether oxygens (including phenoxy) is 2. The van der Waals surface area contributed by atoms with E-state index in [4.69, 9.17) is 9.47 Å². The molecule has 134 valence electrons. The molecule has 1 aromatic rings. The van der Waals surface area contributed by atoms with Gasteiger partial charge in [0, 0.05) is 44.8 Å². The summed E-state index contributed by atoms with van der Waals surface area (Å²) < 4.78 is 38.2. The zero-order chi connectivity index (χ0) is 16.8. The van der Waals surface area contributed by atoms with Gasteiger partial charge in [-0.25, -0.2) is 18.1 Å². The molecule has 0 spiro atoms. The molecule has 2 aliphatic rings. The standard InChI is InChI=1S/C15H24N4O4S/c20-24(21,18-10-13-9-16-3-6-23-12-13)14-1-2-15(17-11-14)19-4-7-22-8-5-19/h1-2,11,13,16,18H,3-10,12H2. The van der Waals surface area contributed by atoms with Gasteiger partial charge in [-0.15, -0.1) is 0 Å². The minimum atomic E-state index is -3.56. The molecule has 1 aromatic heterocycles. The topological polar surface area (TPSA) is 92.8 Å². The van der Waals surface area contributed by atoms with E-state index in [-0.39, 0.29) is 10.8 Å². The molecule has 0 bridgehead atoms. The first-order valence-electron chi connectivity index (χ1n) is 8.22. The average molecular weight is 356 g/mol. The Morgan fingerprint density at radius 1 is 1.25 bits per heavy atom. The molecule has 1 atom stereocenters. The van der Waals surface area contributed by atoms with E-state index in [0.717, 1.165) is 32.0 Å². The van der Waals surface area contributed by atoms with E-state index in [1.54, 1.807) is 12.1 Å². The summed E-state index contributed by atoms with van der Waals surface area (Å²) in [6, 6.07) is 3.35. The van der Waals surface area contributed by atoms with Crippen LogP contribution in [0.1, 0.15) is 0 Å². The van der Waals surface area contributed by atoms with Gasteiger partial charge < -0.3 is 19.7 Å². The molecule has 24 heavy (non-hydrogen) atoms. The Balaban J connectivity index is 1.59. The Morgan fingerprint density at radius 2 is 2.08 bits per heavy atom. The van der Waals surface area contributed by atoms with E-state index in [9.17, 15) is 8.42 Å². The highest BCUT2D eigenvalue weighted by atomic mass is 32.2. The van der Waals surface area contributed by atoms with Crippen LogP contribution in [-0.2, 0) is 19.5 Å². The number of nitrogens with one attached hydrogen (secondary N) is 2. The second-order valence-corrected chi connectivity index (χ2v) is 7.72. The van der Waals surface area contributed by atoms with Crippen molar-refractivity contribution in [3.63, 3.8) is 0 Å². The molecule has 2 aliphatic heterocycles. The van der Waals surface area contributed by atoms with Crippen LogP contribution in [0.5, 0.6) is 0 Å². The van der Waals surface area contributed by atoms with Crippen LogP contribution in [0, 0.1) is 5.92 Å². The maximum atomic E-state index is 12.4. The van der Waals surface area contributed by atoms with Crippen LogP contribution < -0.4 is 14.9 Å². The van der Waals surface area contributed by atoms with Crippen LogP contribution in [0.3, 0.4) is 0 Å². The van der Waals surface area contributed by atoms with Crippen molar-refractivity contribution in [2.24, 2.45) is 5.92 Å². The Labute approximate surface area is 142 Å². The summed E-state index contributed by atoms with van der Waals surface area (Å²) >= 11 is 0. The largest absolute Gasteiger partial charge is 0.380 e. The smallest absolute Gasteiger partial charge is 0.242 e. The van der Waals surface area contributed by atoms with E-state index in [2.05, 4.69) is 19.9 Å². The van der Waals surface area contributed by atoms with Crippen molar-refractivity contribution in [1.29, 1.82) is 0 Å². The van der Waals surface area contributed by atoms with Gasteiger partial charge in [0.05, 0.1) is 26.4 Å². The molecular weight excluding hydrogens is 332 g/mol. The van der Waals surface area contributed by atoms with Crippen molar-refractivity contribution in [2.45, 2.75) is 4.90 Å². The fourth-order valence-corrected chi connectivity index (χ4v) is 3.77. The van der Waals surface area contributed by atoms with Crippen molar-refractivity contribution >= 4 is 15.8 Å². The fraction of sp³-hybridized carbons (Fsp3) is 0.667. The molecule has 2 saturated heterocycles. The third kappa shape index (κ3) is 4.64. The molecule has 1 unspecified atom stereocenters. The summed E-state index contributed by atoms with van der Waals surface area (Å²) in [5.74, 6) is 0.904. The summed E-state index contributed by atoms with van der Waals surface area (Å²) in [6.45, 7) is 5.99. The minimum Gasteiger partial charge on any atom is -0.380 e. The summed E-state index contributed by atoms with van der Waals surface area (Å²) in [6.07, 6.45) is 1.41. The Morgan fingerprint density at radius 3 is 2.83 bits per heavy atom. The highest BCUT2D eigenvalue weighted by Crippen LogP contribution is 2.16. The first-order valence-corrected chi connectivity index (χ1v) is 9.70. The predicted molar refractivity (Wildman–Crippen MR) is 89.6 cm³/mol. The van der Waals surface area contributed by atoms with Gasteiger partial charge in [-0.2, -0.15) is 0 Å². The van der Waals surface area contributed by atoms with Gasteiger partial charge in [-0.3, -0.25) is 0 Å². The molecule has 0 amide bonds. The molecule has 0 aliphatic carbocycles. The molecule has 9 heteroatoms. The number of rotatable bonds is 5. The zero-order valence-corrected chi connectivity index (χ0v) is 14.4. The van der Waals surface area contributed by atoms with Crippen LogP contribution in [-0.4, -0.2) is 72.6 Å². The zero-order valence-electron chi connectivity index (χ0n) is 13.6. The third-order valence-corrected chi connectivity index (χ3v) is 5.55. The normalized spacial score (nSPS) is 23.0. The van der Waals surface area contributed by atoms with Crippen molar-refractivity contribution in [3.05, 3.63) is 18.3 Å². The lowest BCUT2D eigenvalue weighted by molar-refractivity contribution is 0.122. The van der Waals surface area contributed by atoms with E-state index in [1.165, 1.54) is 6.20 Å². The van der Waals surface area contributed by atoms with Gasteiger partial charge in [0.1, 0.15) is 10.7 Å². The summed E-state index contributed by atoms with van der Waals surface area (Å²) in [5, 5.41) is 3.23. The van der Waals surface area contributed by atoms with E-state index in [1.807, 2.05) is 0 Å². The van der Waals surface area contributed by atoms with Crippen LogP contribution in [0.25, 0.3) is 0 Å². The maximum absolute atomic E-state index is 12.4. The quantitative estimate of drug-likeness (QED) is 0.730. The number of sulfonamides is 1. The summed E-state index contributed by atoms with van der Waals surface area (Å²) in [7, 11) is -3.56. The van der Waals surface area contributed by atoms with Gasteiger partial charge in [-0.05, 0) is 12.1 Å². The van der Waals surface area contributed by atoms with Crippen LogP contribution in [0.4, 0.5) is 5.82 Å². The van der Waals surface area contributed by atoms with Gasteiger partial charge in [0.25, 0.3) is 0 Å². The SMILES string of the molecule is O=S(=O)(NCC1CNCCOC1)c1ccc(N2CCOCC2)nc1. The maximum Gasteiger partial charge on any atom is 0.242 e. The summed E-state index contributed by atoms with van der Waals surface area (Å²) in [4.78, 5) is 6.56. The number of hydrogen-bond acceptors (Lipinski definition) is 7. The van der Waals surface area contributed by atoms with Gasteiger partial charge in [-0.1, -0.05) is 0 Å². The lowest BCUT2D eigenvalue weighted by atomic mass is 10.2. The number of aromatic nitrogens is 1. The highest BCUT2D eigenvalue weighted by molar-refractivity contribution is 7.89. The molecule has 3 heterocycles. The van der Waals surface area contributed by atoms with Crippen LogP contribution >= 0.6 is 0 Å². The second kappa shape index (κ2) is 8.21. The van der Waals surface area contributed by atoms with Gasteiger partial charge in [0.2, 0.25) is 10.0 Å². The van der Waals surface area contributed by atoms with Crippen molar-refractivity contribution in [2.75, 3.05) is 64.1 Å². The van der Waals surface area contributed by atoms with E-state index < -0.39 is 10.0 Å². The number of morpholine rings is 1. The number of hydrogen-bond donors (Lipinski definition) is 2. The molecule has 3 rings (SSSR count). The molecule has 0 radical (unpaired) electrons. The molecule has 8 nitrogen and oxygen atoms in total. The number of nitrogens with zero attached hydrogens (tertiary/aromatic N) is 2. The van der Waals surface area contributed by atoms with E-state index in [0.29, 0.717) is 33.0 Å². The molecular formula is C15H24N4O4S. The predicted octanol–water partition coefficient (Wildman–Crippen LogP) is -0.567. The monoisotopic (exact) mass is 356 g/mol. The molecule has 2 N–H and O–H groups in total. The van der Waals surface area contributed by atoms with Crippen LogP contribution in [0.15, 0.2) is 23.2 Å². The number of pyridine rings is 1. The molecule has 2 fully saturated rings. The van der Waals surface area contributed by atoms with Crippen LogP contribution in [0.2, 0.25) is 0 Å².